The van der Waals surface area contributed by atoms with Gasteiger partial charge in [0.05, 0.1) is 24.5 Å². The molecule has 0 saturated heterocycles. The van der Waals surface area contributed by atoms with Crippen molar-refractivity contribution in [3.63, 3.8) is 0 Å². The molecule has 1 aliphatic heterocycles. The first-order valence-corrected chi connectivity index (χ1v) is 13.0. The number of benzene rings is 2. The van der Waals surface area contributed by atoms with Crippen molar-refractivity contribution in [3.05, 3.63) is 98.6 Å². The quantitative estimate of drug-likeness (QED) is 0.317. The number of halogens is 1. The molecule has 0 saturated carbocycles. The van der Waals surface area contributed by atoms with Gasteiger partial charge in [0.15, 0.2) is 5.82 Å². The summed E-state index contributed by atoms with van der Waals surface area (Å²) in [6, 6.07) is 15.7. The Bertz CT molecular complexity index is 1590. The van der Waals surface area contributed by atoms with Crippen LogP contribution < -0.4 is 20.5 Å². The van der Waals surface area contributed by atoms with E-state index < -0.39 is 6.04 Å². The molecule has 5 rings (SSSR count). The number of amides is 2. The fraction of sp³-hybridized carbons (Fsp3) is 0.276. The minimum absolute atomic E-state index is 0.0488. The number of hydrogen-bond donors (Lipinski definition) is 1. The Balaban J connectivity index is 1.83. The second kappa shape index (κ2) is 10.0. The van der Waals surface area contributed by atoms with E-state index in [4.69, 9.17) is 21.4 Å². The van der Waals surface area contributed by atoms with E-state index >= 15 is 0 Å². The Morgan fingerprint density at radius 2 is 1.87 bits per heavy atom. The maximum atomic E-state index is 13.8. The van der Waals surface area contributed by atoms with Crippen molar-refractivity contribution in [1.82, 2.24) is 14.3 Å². The van der Waals surface area contributed by atoms with Crippen molar-refractivity contribution in [1.29, 1.82) is 0 Å². The summed E-state index contributed by atoms with van der Waals surface area (Å²) in [4.78, 5) is 27.9. The molecular weight excluding hydrogens is 502 g/mol. The first-order chi connectivity index (χ1) is 18.2. The van der Waals surface area contributed by atoms with Crippen molar-refractivity contribution in [2.24, 2.45) is 0 Å². The van der Waals surface area contributed by atoms with Gasteiger partial charge in [0.25, 0.3) is 5.56 Å². The van der Waals surface area contributed by atoms with Gasteiger partial charge < -0.3 is 9.30 Å². The number of rotatable bonds is 6. The van der Waals surface area contributed by atoms with Gasteiger partial charge in [0.1, 0.15) is 11.4 Å². The number of fused-ring (bicyclic) bond motifs is 1. The highest BCUT2D eigenvalue weighted by molar-refractivity contribution is 6.30. The Morgan fingerprint density at radius 3 is 2.55 bits per heavy atom. The van der Waals surface area contributed by atoms with Gasteiger partial charge >= 0.3 is 6.03 Å². The molecule has 9 heteroatoms. The Kier molecular flexibility index (Phi) is 6.75. The van der Waals surface area contributed by atoms with E-state index in [9.17, 15) is 9.59 Å². The third kappa shape index (κ3) is 4.24. The fourth-order valence-corrected chi connectivity index (χ4v) is 5.40. The lowest BCUT2D eigenvalue weighted by molar-refractivity contribution is 0.254. The van der Waals surface area contributed by atoms with Crippen LogP contribution in [0.25, 0.3) is 5.69 Å². The predicted octanol–water partition coefficient (Wildman–Crippen LogP) is 6.29. The Labute approximate surface area is 226 Å². The van der Waals surface area contributed by atoms with Crippen LogP contribution in [-0.2, 0) is 6.54 Å². The van der Waals surface area contributed by atoms with Crippen molar-refractivity contribution < 1.29 is 9.53 Å². The first-order valence-electron chi connectivity index (χ1n) is 12.6. The number of anilines is 2. The summed E-state index contributed by atoms with van der Waals surface area (Å²) in [6.45, 7) is 8.58. The SMILES string of the molecule is CCn1cc(N2C(=O)Nc3nn(-c4ccccc4OC)c(C(C)C)c3C2c2ccc(Cl)cc2C)ccc1=O. The molecule has 8 nitrogen and oxygen atoms in total. The zero-order valence-electron chi connectivity index (χ0n) is 22.0. The zero-order valence-corrected chi connectivity index (χ0v) is 22.8. The highest BCUT2D eigenvalue weighted by Gasteiger charge is 2.41. The number of carbonyl (C=O) groups excluding carboxylic acids is 1. The lowest BCUT2D eigenvalue weighted by Gasteiger charge is -2.37. The van der Waals surface area contributed by atoms with Gasteiger partial charge in [-0.2, -0.15) is 0 Å². The zero-order chi connectivity index (χ0) is 27.1. The Morgan fingerprint density at radius 1 is 1.11 bits per heavy atom. The lowest BCUT2D eigenvalue weighted by atomic mass is 9.89. The molecule has 2 aromatic heterocycles. The number of pyridine rings is 1. The van der Waals surface area contributed by atoms with Gasteiger partial charge in [0, 0.05) is 29.4 Å². The van der Waals surface area contributed by atoms with E-state index in [-0.39, 0.29) is 17.5 Å². The third-order valence-electron chi connectivity index (χ3n) is 6.91. The summed E-state index contributed by atoms with van der Waals surface area (Å²) in [6.07, 6.45) is 1.73. The molecule has 2 aromatic carbocycles. The summed E-state index contributed by atoms with van der Waals surface area (Å²) < 4.78 is 9.11. The molecule has 0 fully saturated rings. The molecule has 0 aliphatic carbocycles. The predicted molar refractivity (Wildman–Crippen MR) is 150 cm³/mol. The van der Waals surface area contributed by atoms with Gasteiger partial charge in [0.2, 0.25) is 0 Å². The van der Waals surface area contributed by atoms with Crippen LogP contribution in [0, 0.1) is 6.92 Å². The number of nitrogens with zero attached hydrogens (tertiary/aromatic N) is 4. The number of carbonyl (C=O) groups is 1. The maximum Gasteiger partial charge on any atom is 0.328 e. The molecule has 196 valence electrons. The van der Waals surface area contributed by atoms with E-state index in [1.165, 1.54) is 6.07 Å². The number of hydrogen-bond acceptors (Lipinski definition) is 4. The summed E-state index contributed by atoms with van der Waals surface area (Å²) in [7, 11) is 1.63. The van der Waals surface area contributed by atoms with Crippen LogP contribution in [0.2, 0.25) is 5.02 Å². The number of urea groups is 1. The summed E-state index contributed by atoms with van der Waals surface area (Å²) in [5.41, 5.74) is 4.94. The van der Waals surface area contributed by atoms with Gasteiger partial charge in [-0.15, -0.1) is 5.10 Å². The number of aryl methyl sites for hydroxylation is 2. The number of para-hydroxylation sites is 2. The molecule has 4 aromatic rings. The van der Waals surface area contributed by atoms with Crippen LogP contribution >= 0.6 is 11.6 Å². The molecule has 0 bridgehead atoms. The molecule has 1 aliphatic rings. The molecule has 1 atom stereocenters. The Hall–Kier alpha value is -4.04. The number of ether oxygens (including phenoxy) is 1. The smallest absolute Gasteiger partial charge is 0.328 e. The van der Waals surface area contributed by atoms with Gasteiger partial charge in [-0.1, -0.05) is 43.6 Å². The number of nitrogens with one attached hydrogen (secondary N) is 1. The molecule has 1 unspecified atom stereocenters. The third-order valence-corrected chi connectivity index (χ3v) is 7.14. The van der Waals surface area contributed by atoms with Gasteiger partial charge in [-0.25, -0.2) is 9.48 Å². The standard InChI is InChI=1S/C29H30ClN5O3/c1-6-33-16-20(12-14-24(33)36)34-27(21-13-11-19(30)15-18(21)4)25-26(17(2)3)35(32-28(25)31-29(34)37)22-9-7-8-10-23(22)38-5/h7-17,27H,6H2,1-5H3,(H,31,32,37). The highest BCUT2D eigenvalue weighted by Crippen LogP contribution is 2.46. The highest BCUT2D eigenvalue weighted by atomic mass is 35.5. The summed E-state index contributed by atoms with van der Waals surface area (Å²) >= 11 is 6.33. The van der Waals surface area contributed by atoms with Crippen molar-refractivity contribution in [3.8, 4) is 11.4 Å². The van der Waals surface area contributed by atoms with Gasteiger partial charge in [-0.05, 0) is 61.2 Å². The average Bonchev–Trinajstić information content (AvgIpc) is 3.27. The van der Waals surface area contributed by atoms with E-state index in [1.54, 1.807) is 28.8 Å². The minimum atomic E-state index is -0.514. The van der Waals surface area contributed by atoms with Crippen LogP contribution in [-0.4, -0.2) is 27.5 Å². The van der Waals surface area contributed by atoms with Crippen molar-refractivity contribution in [2.75, 3.05) is 17.3 Å². The van der Waals surface area contributed by atoms with Crippen molar-refractivity contribution >= 4 is 29.1 Å². The molecule has 0 spiro atoms. The summed E-state index contributed by atoms with van der Waals surface area (Å²) in [5, 5.41) is 8.53. The molecule has 2 amide bonds. The molecule has 0 radical (unpaired) electrons. The molecule has 38 heavy (non-hydrogen) atoms. The lowest BCUT2D eigenvalue weighted by Crippen LogP contribution is -2.44. The summed E-state index contributed by atoms with van der Waals surface area (Å²) in [5.74, 6) is 1.21. The van der Waals surface area contributed by atoms with Crippen LogP contribution in [0.15, 0.2) is 65.6 Å². The fourth-order valence-electron chi connectivity index (χ4n) is 5.17. The molecule has 3 heterocycles. The van der Waals surface area contributed by atoms with E-state index in [1.807, 2.05) is 61.0 Å². The molecular formula is C29H30ClN5O3. The monoisotopic (exact) mass is 531 g/mol. The normalized spacial score (nSPS) is 15.0. The second-order valence-electron chi connectivity index (χ2n) is 9.60. The number of methoxy groups -OCH3 is 1. The largest absolute Gasteiger partial charge is 0.494 e. The molecule has 1 N–H and O–H groups in total. The first kappa shape index (κ1) is 25.6. The van der Waals surface area contributed by atoms with E-state index in [0.29, 0.717) is 28.8 Å². The van der Waals surface area contributed by atoms with Crippen LogP contribution in [0.5, 0.6) is 5.75 Å². The van der Waals surface area contributed by atoms with Crippen LogP contribution in [0.3, 0.4) is 0 Å². The van der Waals surface area contributed by atoms with Crippen LogP contribution in [0.4, 0.5) is 16.3 Å². The topological polar surface area (TPSA) is 81.4 Å². The van der Waals surface area contributed by atoms with E-state index in [0.717, 1.165) is 28.1 Å². The minimum Gasteiger partial charge on any atom is -0.494 e. The van der Waals surface area contributed by atoms with Crippen molar-refractivity contribution in [2.45, 2.75) is 46.2 Å². The van der Waals surface area contributed by atoms with Gasteiger partial charge in [-0.3, -0.25) is 15.0 Å². The van der Waals surface area contributed by atoms with E-state index in [2.05, 4.69) is 19.2 Å². The second-order valence-corrected chi connectivity index (χ2v) is 10.0. The number of aromatic nitrogens is 3. The maximum absolute atomic E-state index is 13.8. The average molecular weight is 532 g/mol. The van der Waals surface area contributed by atoms with Crippen LogP contribution in [0.1, 0.15) is 55.1 Å².